The minimum atomic E-state index is -0.411. The van der Waals surface area contributed by atoms with Crippen LogP contribution < -0.4 is 4.90 Å². The van der Waals surface area contributed by atoms with E-state index in [4.69, 9.17) is 16.3 Å². The molecule has 0 N–H and O–H groups in total. The zero-order valence-corrected chi connectivity index (χ0v) is 20.2. The number of halogens is 2. The maximum absolute atomic E-state index is 15.6. The summed E-state index contributed by atoms with van der Waals surface area (Å²) in [5.41, 5.74) is 1.64. The SMILES string of the molecule is CC(C)N(C(=O)c1ccncc1)c1ccc(C2(Sc3ccc(Cl)cc3)CCOCC2)cc1F. The Morgan fingerprint density at radius 3 is 2.36 bits per heavy atom. The number of aromatic nitrogens is 1. The minimum Gasteiger partial charge on any atom is -0.381 e. The van der Waals surface area contributed by atoms with Crippen LogP contribution in [0, 0.1) is 5.82 Å². The highest BCUT2D eigenvalue weighted by atomic mass is 35.5. The van der Waals surface area contributed by atoms with Crippen molar-refractivity contribution in [2.45, 2.75) is 42.4 Å². The maximum atomic E-state index is 15.6. The van der Waals surface area contributed by atoms with Crippen molar-refractivity contribution < 1.29 is 13.9 Å². The summed E-state index contributed by atoms with van der Waals surface area (Å²) in [6, 6.07) is 16.0. The Morgan fingerprint density at radius 2 is 1.76 bits per heavy atom. The van der Waals surface area contributed by atoms with Crippen molar-refractivity contribution in [3.8, 4) is 0 Å². The van der Waals surface area contributed by atoms with Gasteiger partial charge in [0.05, 0.1) is 5.69 Å². The predicted molar refractivity (Wildman–Crippen MR) is 132 cm³/mol. The zero-order chi connectivity index (χ0) is 23.4. The number of carbonyl (C=O) groups is 1. The van der Waals surface area contributed by atoms with Crippen LogP contribution in [0.25, 0.3) is 0 Å². The Labute approximate surface area is 203 Å². The Bertz CT molecular complexity index is 1100. The van der Waals surface area contributed by atoms with E-state index in [9.17, 15) is 4.79 Å². The Kier molecular flexibility index (Phi) is 7.37. The van der Waals surface area contributed by atoms with Gasteiger partial charge in [0.25, 0.3) is 5.91 Å². The molecule has 2 heterocycles. The van der Waals surface area contributed by atoms with E-state index >= 15 is 4.39 Å². The molecule has 1 aliphatic rings. The number of benzene rings is 2. The third-order valence-corrected chi connectivity index (χ3v) is 7.62. The van der Waals surface area contributed by atoms with E-state index in [0.29, 0.717) is 23.8 Å². The molecule has 0 unspecified atom stereocenters. The number of ether oxygens (including phenoxy) is 1. The molecule has 3 aromatic rings. The lowest BCUT2D eigenvalue weighted by molar-refractivity contribution is 0.0768. The van der Waals surface area contributed by atoms with E-state index in [1.807, 2.05) is 44.2 Å². The highest BCUT2D eigenvalue weighted by molar-refractivity contribution is 8.00. The lowest BCUT2D eigenvalue weighted by atomic mass is 9.90. The van der Waals surface area contributed by atoms with Crippen LogP contribution >= 0.6 is 23.4 Å². The number of rotatable bonds is 6. The van der Waals surface area contributed by atoms with Crippen molar-refractivity contribution in [2.24, 2.45) is 0 Å². The average Bonchev–Trinajstić information content (AvgIpc) is 2.82. The highest BCUT2D eigenvalue weighted by Gasteiger charge is 2.37. The molecule has 0 aliphatic carbocycles. The normalized spacial score (nSPS) is 15.4. The van der Waals surface area contributed by atoms with Crippen molar-refractivity contribution in [3.05, 3.63) is 89.0 Å². The molecule has 2 aromatic carbocycles. The van der Waals surface area contributed by atoms with Gasteiger partial charge < -0.3 is 9.64 Å². The smallest absolute Gasteiger partial charge is 0.258 e. The fraction of sp³-hybridized carbons (Fsp3) is 0.308. The van der Waals surface area contributed by atoms with Gasteiger partial charge in [-0.1, -0.05) is 17.7 Å². The first-order valence-electron chi connectivity index (χ1n) is 11.0. The Hall–Kier alpha value is -2.41. The van der Waals surface area contributed by atoms with Gasteiger partial charge in [-0.3, -0.25) is 9.78 Å². The van der Waals surface area contributed by atoms with Crippen LogP contribution in [0.2, 0.25) is 5.02 Å². The van der Waals surface area contributed by atoms with Gasteiger partial charge in [-0.15, -0.1) is 11.8 Å². The second-order valence-corrected chi connectivity index (χ2v) is 10.2. The van der Waals surface area contributed by atoms with E-state index in [2.05, 4.69) is 4.98 Å². The van der Waals surface area contributed by atoms with Gasteiger partial charge in [0.1, 0.15) is 5.82 Å². The second-order valence-electron chi connectivity index (χ2n) is 8.33. The van der Waals surface area contributed by atoms with Crippen LogP contribution in [0.5, 0.6) is 0 Å². The van der Waals surface area contributed by atoms with Gasteiger partial charge in [0.2, 0.25) is 0 Å². The number of anilines is 1. The largest absolute Gasteiger partial charge is 0.381 e. The molecule has 0 atom stereocenters. The molecule has 0 bridgehead atoms. The number of amides is 1. The number of carbonyl (C=O) groups excluding carboxylic acids is 1. The van der Waals surface area contributed by atoms with Crippen LogP contribution in [0.1, 0.15) is 42.6 Å². The van der Waals surface area contributed by atoms with Gasteiger partial charge in [0.15, 0.2) is 0 Å². The summed E-state index contributed by atoms with van der Waals surface area (Å²) in [6.45, 7) is 4.98. The summed E-state index contributed by atoms with van der Waals surface area (Å²) < 4.78 is 20.9. The summed E-state index contributed by atoms with van der Waals surface area (Å²) in [4.78, 5) is 19.7. The first-order chi connectivity index (χ1) is 15.9. The van der Waals surface area contributed by atoms with Gasteiger partial charge >= 0.3 is 0 Å². The number of pyridine rings is 1. The number of nitrogens with zero attached hydrogens (tertiary/aromatic N) is 2. The highest BCUT2D eigenvalue weighted by Crippen LogP contribution is 2.49. The fourth-order valence-electron chi connectivity index (χ4n) is 4.12. The lowest BCUT2D eigenvalue weighted by Gasteiger charge is -2.38. The quantitative estimate of drug-likeness (QED) is 0.389. The predicted octanol–water partition coefficient (Wildman–Crippen LogP) is 6.73. The van der Waals surface area contributed by atoms with Crippen LogP contribution in [0.15, 0.2) is 71.9 Å². The van der Waals surface area contributed by atoms with E-state index in [1.165, 1.54) is 4.90 Å². The molecule has 4 nitrogen and oxygen atoms in total. The average molecular weight is 485 g/mol. The summed E-state index contributed by atoms with van der Waals surface area (Å²) in [7, 11) is 0. The third-order valence-electron chi connectivity index (χ3n) is 5.82. The number of thioether (sulfide) groups is 1. The molecule has 33 heavy (non-hydrogen) atoms. The molecule has 1 amide bonds. The van der Waals surface area contributed by atoms with Crippen LogP contribution in [0.4, 0.5) is 10.1 Å². The molecule has 0 radical (unpaired) electrons. The molecule has 0 saturated carbocycles. The van der Waals surface area contributed by atoms with Gasteiger partial charge in [0, 0.05) is 51.9 Å². The zero-order valence-electron chi connectivity index (χ0n) is 18.6. The molecule has 1 saturated heterocycles. The van der Waals surface area contributed by atoms with E-state index in [1.54, 1.807) is 48.4 Å². The number of hydrogen-bond acceptors (Lipinski definition) is 4. The molecule has 1 aliphatic heterocycles. The molecule has 172 valence electrons. The van der Waals surface area contributed by atoms with Crippen LogP contribution in [-0.4, -0.2) is 30.1 Å². The van der Waals surface area contributed by atoms with Crippen molar-refractivity contribution in [2.75, 3.05) is 18.1 Å². The number of hydrogen-bond donors (Lipinski definition) is 0. The lowest BCUT2D eigenvalue weighted by Crippen LogP contribution is -2.38. The monoisotopic (exact) mass is 484 g/mol. The van der Waals surface area contributed by atoms with Crippen molar-refractivity contribution in [3.63, 3.8) is 0 Å². The Morgan fingerprint density at radius 1 is 1.09 bits per heavy atom. The van der Waals surface area contributed by atoms with Crippen LogP contribution in [-0.2, 0) is 9.48 Å². The maximum Gasteiger partial charge on any atom is 0.258 e. The molecular formula is C26H26ClFN2O2S. The first-order valence-corrected chi connectivity index (χ1v) is 12.1. The molecule has 1 aromatic heterocycles. The summed E-state index contributed by atoms with van der Waals surface area (Å²) in [5, 5.41) is 0.684. The van der Waals surface area contributed by atoms with Crippen LogP contribution in [0.3, 0.4) is 0 Å². The van der Waals surface area contributed by atoms with Gasteiger partial charge in [-0.05, 0) is 80.8 Å². The molecular weight excluding hydrogens is 459 g/mol. The van der Waals surface area contributed by atoms with E-state index in [-0.39, 0.29) is 22.4 Å². The third kappa shape index (κ3) is 5.24. The van der Waals surface area contributed by atoms with Gasteiger partial charge in [-0.2, -0.15) is 0 Å². The Balaban J connectivity index is 1.69. The first kappa shape index (κ1) is 23.7. The van der Waals surface area contributed by atoms with Crippen molar-refractivity contribution in [1.82, 2.24) is 4.98 Å². The topological polar surface area (TPSA) is 42.4 Å². The summed E-state index contributed by atoms with van der Waals surface area (Å²) in [5.74, 6) is -0.665. The minimum absolute atomic E-state index is 0.216. The summed E-state index contributed by atoms with van der Waals surface area (Å²) in [6.07, 6.45) is 4.66. The standard InChI is InChI=1S/C26H26ClFN2O2S/c1-18(2)30(25(31)19-9-13-29-14-10-19)24-8-3-20(17-23(24)28)26(11-15-32-16-12-26)33-22-6-4-21(27)5-7-22/h3-10,13-14,17-18H,11-12,15-16H2,1-2H3. The molecule has 7 heteroatoms. The fourth-order valence-corrected chi connectivity index (χ4v) is 5.59. The van der Waals surface area contributed by atoms with Gasteiger partial charge in [-0.25, -0.2) is 4.39 Å². The molecule has 1 fully saturated rings. The second kappa shape index (κ2) is 10.2. The summed E-state index contributed by atoms with van der Waals surface area (Å²) >= 11 is 7.77. The van der Waals surface area contributed by atoms with Crippen molar-refractivity contribution in [1.29, 1.82) is 0 Å². The van der Waals surface area contributed by atoms with Crippen molar-refractivity contribution >= 4 is 35.0 Å². The molecule has 0 spiro atoms. The van der Waals surface area contributed by atoms with E-state index in [0.717, 1.165) is 23.3 Å². The van der Waals surface area contributed by atoms with E-state index < -0.39 is 5.82 Å². The molecule has 4 rings (SSSR count).